The molecule has 0 aliphatic carbocycles. The number of benzene rings is 2. The van der Waals surface area contributed by atoms with Crippen LogP contribution in [-0.2, 0) is 0 Å². The van der Waals surface area contributed by atoms with Crippen molar-refractivity contribution < 1.29 is 14.1 Å². The Morgan fingerprint density at radius 3 is 2.59 bits per heavy atom. The third kappa shape index (κ3) is 5.47. The number of amides is 1. The van der Waals surface area contributed by atoms with Crippen LogP contribution in [0.2, 0.25) is 0 Å². The molecule has 27 heavy (non-hydrogen) atoms. The second-order valence-corrected chi connectivity index (χ2v) is 8.24. The van der Waals surface area contributed by atoms with Crippen LogP contribution in [0.25, 0.3) is 10.8 Å². The molecule has 0 aliphatic heterocycles. The SMILES string of the molecule is CN(CCS)C(=O)c1ccc(NCCC[N+](C)(C)C)c2cccc(C=O)c12. The van der Waals surface area contributed by atoms with E-state index in [4.69, 9.17) is 0 Å². The van der Waals surface area contributed by atoms with Gasteiger partial charge in [-0.15, -0.1) is 0 Å². The Kier molecular flexibility index (Phi) is 7.27. The monoisotopic (exact) mass is 388 g/mol. The average Bonchev–Trinajstić information content (AvgIpc) is 2.63. The number of carbonyl (C=O) groups is 2. The lowest BCUT2D eigenvalue weighted by Crippen LogP contribution is -2.36. The van der Waals surface area contributed by atoms with Gasteiger partial charge >= 0.3 is 0 Å². The quantitative estimate of drug-likeness (QED) is 0.300. The molecule has 0 radical (unpaired) electrons. The van der Waals surface area contributed by atoms with Crippen LogP contribution in [0.15, 0.2) is 30.3 Å². The number of thiol groups is 1. The predicted octanol–water partition coefficient (Wildman–Crippen LogP) is 3.16. The van der Waals surface area contributed by atoms with E-state index in [1.54, 1.807) is 18.0 Å². The number of rotatable bonds is 9. The standard InChI is InChI=1S/C21H29N3O2S/c1-23(12-14-27)21(26)18-9-10-19(22-11-6-13-24(2,3)4)17-8-5-7-16(15-25)20(17)18/h5,7-10,15,22H,6,11-14H2,1-4H3/p+1. The fraction of sp³-hybridized carbons (Fsp3) is 0.429. The minimum absolute atomic E-state index is 0.0973. The van der Waals surface area contributed by atoms with Crippen molar-refractivity contribution >= 4 is 41.3 Å². The number of fused-ring (bicyclic) bond motifs is 1. The third-order valence-corrected chi connectivity index (χ3v) is 4.73. The number of aldehydes is 1. The molecule has 1 N–H and O–H groups in total. The molecule has 0 heterocycles. The first kappa shape index (κ1) is 21.3. The first-order chi connectivity index (χ1) is 12.8. The van der Waals surface area contributed by atoms with Gasteiger partial charge in [0.25, 0.3) is 5.91 Å². The van der Waals surface area contributed by atoms with Gasteiger partial charge in [0.15, 0.2) is 6.29 Å². The summed E-state index contributed by atoms with van der Waals surface area (Å²) >= 11 is 4.20. The molecule has 6 heteroatoms. The Morgan fingerprint density at radius 1 is 1.22 bits per heavy atom. The molecule has 5 nitrogen and oxygen atoms in total. The molecule has 0 aliphatic rings. The van der Waals surface area contributed by atoms with Crippen LogP contribution in [-0.4, -0.2) is 75.2 Å². The zero-order chi connectivity index (χ0) is 20.0. The van der Waals surface area contributed by atoms with Gasteiger partial charge in [0, 0.05) is 59.9 Å². The predicted molar refractivity (Wildman–Crippen MR) is 116 cm³/mol. The largest absolute Gasteiger partial charge is 0.384 e. The molecule has 0 atom stereocenters. The topological polar surface area (TPSA) is 49.4 Å². The number of quaternary nitrogens is 1. The Labute approximate surface area is 167 Å². The number of hydrogen-bond acceptors (Lipinski definition) is 4. The van der Waals surface area contributed by atoms with Crippen LogP contribution in [0.1, 0.15) is 27.1 Å². The van der Waals surface area contributed by atoms with Gasteiger partial charge < -0.3 is 14.7 Å². The maximum atomic E-state index is 12.9. The van der Waals surface area contributed by atoms with Crippen LogP contribution in [0.4, 0.5) is 5.69 Å². The molecule has 0 fully saturated rings. The van der Waals surface area contributed by atoms with Crippen LogP contribution >= 0.6 is 12.6 Å². The van der Waals surface area contributed by atoms with Crippen LogP contribution < -0.4 is 5.32 Å². The minimum Gasteiger partial charge on any atom is -0.384 e. The number of nitrogens with zero attached hydrogens (tertiary/aromatic N) is 2. The van der Waals surface area contributed by atoms with Gasteiger partial charge in [0.05, 0.1) is 27.7 Å². The van der Waals surface area contributed by atoms with Gasteiger partial charge in [0.2, 0.25) is 0 Å². The summed E-state index contributed by atoms with van der Waals surface area (Å²) < 4.78 is 0.919. The van der Waals surface area contributed by atoms with Crippen molar-refractivity contribution in [3.63, 3.8) is 0 Å². The normalized spacial score (nSPS) is 11.4. The number of nitrogens with one attached hydrogen (secondary N) is 1. The lowest BCUT2D eigenvalue weighted by molar-refractivity contribution is -0.870. The molecule has 146 valence electrons. The van der Waals surface area contributed by atoms with Crippen molar-refractivity contribution in [3.05, 3.63) is 41.5 Å². The maximum Gasteiger partial charge on any atom is 0.254 e. The summed E-state index contributed by atoms with van der Waals surface area (Å²) in [5.41, 5.74) is 2.03. The molecule has 2 rings (SSSR count). The fourth-order valence-corrected chi connectivity index (χ4v) is 3.40. The Hall–Kier alpha value is -2.05. The van der Waals surface area contributed by atoms with Gasteiger partial charge in [-0.2, -0.15) is 12.6 Å². The lowest BCUT2D eigenvalue weighted by atomic mass is 9.97. The van der Waals surface area contributed by atoms with Crippen molar-refractivity contribution in [2.24, 2.45) is 0 Å². The molecular weight excluding hydrogens is 358 g/mol. The van der Waals surface area contributed by atoms with Gasteiger partial charge in [-0.25, -0.2) is 0 Å². The summed E-state index contributed by atoms with van der Waals surface area (Å²) in [7, 11) is 8.28. The molecule has 0 unspecified atom stereocenters. The van der Waals surface area contributed by atoms with E-state index < -0.39 is 0 Å². The zero-order valence-electron chi connectivity index (χ0n) is 16.7. The van der Waals surface area contributed by atoms with Crippen molar-refractivity contribution in [2.45, 2.75) is 6.42 Å². The van der Waals surface area contributed by atoms with Crippen LogP contribution in [0.5, 0.6) is 0 Å². The van der Waals surface area contributed by atoms with E-state index in [1.807, 2.05) is 24.3 Å². The summed E-state index contributed by atoms with van der Waals surface area (Å²) in [4.78, 5) is 26.1. The Morgan fingerprint density at radius 2 is 1.96 bits per heavy atom. The van der Waals surface area contributed by atoms with E-state index in [0.717, 1.165) is 41.4 Å². The highest BCUT2D eigenvalue weighted by Crippen LogP contribution is 2.30. The molecule has 0 spiro atoms. The Bertz CT molecular complexity index is 815. The number of hydrogen-bond donors (Lipinski definition) is 2. The first-order valence-electron chi connectivity index (χ1n) is 9.20. The van der Waals surface area contributed by atoms with E-state index in [9.17, 15) is 9.59 Å². The van der Waals surface area contributed by atoms with Gasteiger partial charge in [-0.3, -0.25) is 9.59 Å². The Balaban J connectivity index is 2.38. The summed E-state index contributed by atoms with van der Waals surface area (Å²) in [6.45, 7) is 2.45. The average molecular weight is 389 g/mol. The third-order valence-electron chi connectivity index (χ3n) is 4.53. The van der Waals surface area contributed by atoms with Crippen LogP contribution in [0.3, 0.4) is 0 Å². The minimum atomic E-state index is -0.0973. The van der Waals surface area contributed by atoms with E-state index in [1.165, 1.54) is 0 Å². The molecule has 0 saturated heterocycles. The molecule has 0 saturated carbocycles. The number of carbonyl (C=O) groups excluding carboxylic acids is 2. The maximum absolute atomic E-state index is 12.9. The van der Waals surface area contributed by atoms with Crippen LogP contribution in [0, 0.1) is 0 Å². The highest BCUT2D eigenvalue weighted by molar-refractivity contribution is 7.80. The highest BCUT2D eigenvalue weighted by Gasteiger charge is 2.18. The van der Waals surface area contributed by atoms with Crippen molar-refractivity contribution in [3.8, 4) is 0 Å². The summed E-state index contributed by atoms with van der Waals surface area (Å²) in [6, 6.07) is 9.32. The van der Waals surface area contributed by atoms with E-state index >= 15 is 0 Å². The molecule has 0 aromatic heterocycles. The number of anilines is 1. The van der Waals surface area contributed by atoms with Gasteiger partial charge in [-0.05, 0) is 12.1 Å². The second kappa shape index (κ2) is 9.24. The summed E-state index contributed by atoms with van der Waals surface area (Å²) in [5.74, 6) is 0.493. The second-order valence-electron chi connectivity index (χ2n) is 7.79. The van der Waals surface area contributed by atoms with Crippen molar-refractivity contribution in [2.75, 3.05) is 58.9 Å². The molecule has 2 aromatic carbocycles. The summed E-state index contributed by atoms with van der Waals surface area (Å²) in [5, 5.41) is 5.08. The fourth-order valence-electron chi connectivity index (χ4n) is 3.10. The van der Waals surface area contributed by atoms with E-state index in [2.05, 4.69) is 39.1 Å². The highest BCUT2D eigenvalue weighted by atomic mass is 32.1. The van der Waals surface area contributed by atoms with Crippen molar-refractivity contribution in [1.82, 2.24) is 4.90 Å². The lowest BCUT2D eigenvalue weighted by Gasteiger charge is -2.24. The van der Waals surface area contributed by atoms with Gasteiger partial charge in [-0.1, -0.05) is 18.2 Å². The molecule has 2 aromatic rings. The smallest absolute Gasteiger partial charge is 0.254 e. The first-order valence-corrected chi connectivity index (χ1v) is 9.83. The molecule has 0 bridgehead atoms. The molecular formula is C21H30N3O2S+. The van der Waals surface area contributed by atoms with E-state index in [-0.39, 0.29) is 5.91 Å². The van der Waals surface area contributed by atoms with Crippen molar-refractivity contribution in [1.29, 1.82) is 0 Å². The summed E-state index contributed by atoms with van der Waals surface area (Å²) in [6.07, 6.45) is 1.85. The molecule has 1 amide bonds. The zero-order valence-corrected chi connectivity index (χ0v) is 17.6. The van der Waals surface area contributed by atoms with Gasteiger partial charge in [0.1, 0.15) is 0 Å². The van der Waals surface area contributed by atoms with E-state index in [0.29, 0.717) is 28.8 Å².